The smallest absolute Gasteiger partial charge is 0.246 e. The van der Waals surface area contributed by atoms with Crippen LogP contribution in [0.25, 0.3) is 6.08 Å². The van der Waals surface area contributed by atoms with Crippen molar-refractivity contribution in [2.45, 2.75) is 26.7 Å². The lowest BCUT2D eigenvalue weighted by molar-refractivity contribution is -0.138. The van der Waals surface area contributed by atoms with Crippen LogP contribution in [0.2, 0.25) is 0 Å². The summed E-state index contributed by atoms with van der Waals surface area (Å²) in [7, 11) is 1.83. The molecule has 2 aromatic rings. The number of carbonyl (C=O) groups is 2. The van der Waals surface area contributed by atoms with Crippen molar-refractivity contribution in [2.75, 3.05) is 33.3 Å². The Morgan fingerprint density at radius 3 is 2.35 bits per heavy atom. The second-order valence-corrected chi connectivity index (χ2v) is 8.28. The summed E-state index contributed by atoms with van der Waals surface area (Å²) in [4.78, 5) is 28.8. The van der Waals surface area contributed by atoms with Gasteiger partial charge in [-0.15, -0.1) is 0 Å². The van der Waals surface area contributed by atoms with Crippen molar-refractivity contribution in [3.63, 3.8) is 0 Å². The van der Waals surface area contributed by atoms with Gasteiger partial charge < -0.3 is 14.5 Å². The molecule has 3 rings (SSSR count). The number of likely N-dealkylation sites (N-methyl/N-ethyl adjacent to an activating group) is 1. The Labute approximate surface area is 185 Å². The molecule has 0 radical (unpaired) electrons. The van der Waals surface area contributed by atoms with E-state index in [0.717, 1.165) is 11.3 Å². The van der Waals surface area contributed by atoms with Crippen molar-refractivity contribution in [2.24, 2.45) is 5.92 Å². The van der Waals surface area contributed by atoms with Gasteiger partial charge in [-0.2, -0.15) is 0 Å². The Hall–Kier alpha value is -3.08. The van der Waals surface area contributed by atoms with E-state index >= 15 is 0 Å². The van der Waals surface area contributed by atoms with Crippen LogP contribution in [0.1, 0.15) is 29.5 Å². The molecule has 5 nitrogen and oxygen atoms in total. The highest BCUT2D eigenvalue weighted by atomic mass is 16.5. The van der Waals surface area contributed by atoms with Crippen molar-refractivity contribution in [1.29, 1.82) is 0 Å². The zero-order chi connectivity index (χ0) is 22.2. The fourth-order valence-corrected chi connectivity index (χ4v) is 3.92. The number of amides is 2. The van der Waals surface area contributed by atoms with Gasteiger partial charge in [0.25, 0.3) is 0 Å². The van der Waals surface area contributed by atoms with Crippen LogP contribution >= 0.6 is 0 Å². The minimum absolute atomic E-state index is 0.00459. The van der Waals surface area contributed by atoms with E-state index in [1.54, 1.807) is 11.0 Å². The SMILES string of the molecule is Cc1cc(C)cc(OCCN(C)C(=O)C2CCN(C(=O)/C=C/c3ccccc3)CC2)c1. The zero-order valence-corrected chi connectivity index (χ0v) is 18.7. The van der Waals surface area contributed by atoms with E-state index in [9.17, 15) is 9.59 Å². The van der Waals surface area contributed by atoms with Gasteiger partial charge in [-0.25, -0.2) is 0 Å². The highest BCUT2D eigenvalue weighted by molar-refractivity contribution is 5.92. The maximum atomic E-state index is 12.8. The Morgan fingerprint density at radius 1 is 1.06 bits per heavy atom. The van der Waals surface area contributed by atoms with E-state index in [1.165, 1.54) is 11.1 Å². The van der Waals surface area contributed by atoms with Crippen molar-refractivity contribution in [1.82, 2.24) is 9.80 Å². The van der Waals surface area contributed by atoms with Gasteiger partial charge in [0.2, 0.25) is 11.8 Å². The summed E-state index contributed by atoms with van der Waals surface area (Å²) >= 11 is 0. The van der Waals surface area contributed by atoms with Crippen molar-refractivity contribution >= 4 is 17.9 Å². The first kappa shape index (κ1) is 22.6. The molecule has 164 valence electrons. The minimum atomic E-state index is -0.0339. The van der Waals surface area contributed by atoms with Crippen LogP contribution in [0.5, 0.6) is 5.75 Å². The number of benzene rings is 2. The van der Waals surface area contributed by atoms with Gasteiger partial charge in [0.15, 0.2) is 0 Å². The maximum Gasteiger partial charge on any atom is 0.246 e. The second kappa shape index (κ2) is 10.8. The number of piperidine rings is 1. The summed E-state index contributed by atoms with van der Waals surface area (Å²) in [6.45, 7) is 6.33. The number of ether oxygens (including phenoxy) is 1. The summed E-state index contributed by atoms with van der Waals surface area (Å²) in [5.74, 6) is 0.947. The molecule has 1 heterocycles. The van der Waals surface area contributed by atoms with Gasteiger partial charge in [-0.1, -0.05) is 36.4 Å². The monoisotopic (exact) mass is 420 g/mol. The molecule has 2 aromatic carbocycles. The number of hydrogen-bond acceptors (Lipinski definition) is 3. The third kappa shape index (κ3) is 6.71. The minimum Gasteiger partial charge on any atom is -0.492 e. The molecule has 5 heteroatoms. The first-order valence-electron chi connectivity index (χ1n) is 10.9. The Morgan fingerprint density at radius 2 is 1.71 bits per heavy atom. The molecule has 1 aliphatic heterocycles. The van der Waals surface area contributed by atoms with Crippen LogP contribution in [0.4, 0.5) is 0 Å². The summed E-state index contributed by atoms with van der Waals surface area (Å²) in [5.41, 5.74) is 3.34. The van der Waals surface area contributed by atoms with E-state index in [0.29, 0.717) is 39.1 Å². The van der Waals surface area contributed by atoms with Crippen molar-refractivity contribution in [3.8, 4) is 5.75 Å². The molecule has 0 aliphatic carbocycles. The standard InChI is InChI=1S/C26H32N2O3/c1-20-17-21(2)19-24(18-20)31-16-15-27(3)26(30)23-11-13-28(14-12-23)25(29)10-9-22-7-5-4-6-8-22/h4-10,17-19,23H,11-16H2,1-3H3/b10-9+. The summed E-state index contributed by atoms with van der Waals surface area (Å²) in [6, 6.07) is 15.9. The van der Waals surface area contributed by atoms with E-state index < -0.39 is 0 Å². The maximum absolute atomic E-state index is 12.8. The number of aryl methyl sites for hydroxylation is 2. The molecule has 0 spiro atoms. The van der Waals surface area contributed by atoms with Gasteiger partial charge in [0.05, 0.1) is 6.54 Å². The van der Waals surface area contributed by atoms with Gasteiger partial charge >= 0.3 is 0 Å². The lowest BCUT2D eigenvalue weighted by atomic mass is 9.95. The fraction of sp³-hybridized carbons (Fsp3) is 0.385. The van der Waals surface area contributed by atoms with Crippen LogP contribution in [0.3, 0.4) is 0 Å². The second-order valence-electron chi connectivity index (χ2n) is 8.28. The lowest BCUT2D eigenvalue weighted by Gasteiger charge is -2.32. The molecule has 0 unspecified atom stereocenters. The summed E-state index contributed by atoms with van der Waals surface area (Å²) < 4.78 is 5.83. The Bertz CT molecular complexity index is 895. The predicted octanol–water partition coefficient (Wildman–Crippen LogP) is 4.09. The van der Waals surface area contributed by atoms with E-state index in [2.05, 4.69) is 6.07 Å². The van der Waals surface area contributed by atoms with E-state index in [4.69, 9.17) is 4.74 Å². The Kier molecular flexibility index (Phi) is 7.88. The van der Waals surface area contributed by atoms with E-state index in [1.807, 2.05) is 74.3 Å². The van der Waals surface area contributed by atoms with E-state index in [-0.39, 0.29) is 17.7 Å². The third-order valence-electron chi connectivity index (χ3n) is 5.64. The van der Waals surface area contributed by atoms with Crippen molar-refractivity contribution < 1.29 is 14.3 Å². The quantitative estimate of drug-likeness (QED) is 0.634. The number of carbonyl (C=O) groups excluding carboxylic acids is 2. The molecule has 31 heavy (non-hydrogen) atoms. The first-order valence-corrected chi connectivity index (χ1v) is 10.9. The Balaban J connectivity index is 1.41. The third-order valence-corrected chi connectivity index (χ3v) is 5.64. The van der Waals surface area contributed by atoms with Crippen LogP contribution in [0, 0.1) is 19.8 Å². The molecule has 1 aliphatic rings. The lowest BCUT2D eigenvalue weighted by Crippen LogP contribution is -2.43. The average Bonchev–Trinajstić information content (AvgIpc) is 2.77. The average molecular weight is 421 g/mol. The van der Waals surface area contributed by atoms with Gasteiger partial charge in [0, 0.05) is 32.1 Å². The fourth-order valence-electron chi connectivity index (χ4n) is 3.92. The zero-order valence-electron chi connectivity index (χ0n) is 18.7. The normalized spacial score (nSPS) is 14.6. The summed E-state index contributed by atoms with van der Waals surface area (Å²) in [6.07, 6.45) is 4.86. The molecule has 1 saturated heterocycles. The van der Waals surface area contributed by atoms with Gasteiger partial charge in [-0.3, -0.25) is 9.59 Å². The molecule has 2 amide bonds. The highest BCUT2D eigenvalue weighted by Crippen LogP contribution is 2.20. The largest absolute Gasteiger partial charge is 0.492 e. The molecule has 1 fully saturated rings. The highest BCUT2D eigenvalue weighted by Gasteiger charge is 2.28. The molecule has 0 saturated carbocycles. The topological polar surface area (TPSA) is 49.9 Å². The van der Waals surface area contributed by atoms with Crippen molar-refractivity contribution in [3.05, 3.63) is 71.3 Å². The van der Waals surface area contributed by atoms with Crippen LogP contribution in [0.15, 0.2) is 54.6 Å². The molecule has 0 N–H and O–H groups in total. The predicted molar refractivity (Wildman–Crippen MR) is 124 cm³/mol. The first-order chi connectivity index (χ1) is 14.9. The van der Waals surface area contributed by atoms with Crippen LogP contribution in [-0.2, 0) is 9.59 Å². The van der Waals surface area contributed by atoms with Gasteiger partial charge in [0.1, 0.15) is 12.4 Å². The molecule has 0 atom stereocenters. The summed E-state index contributed by atoms with van der Waals surface area (Å²) in [5, 5.41) is 0. The number of nitrogens with zero attached hydrogens (tertiary/aromatic N) is 2. The van der Waals surface area contributed by atoms with Gasteiger partial charge in [-0.05, 0) is 61.6 Å². The molecular weight excluding hydrogens is 388 g/mol. The molecule has 0 bridgehead atoms. The van der Waals surface area contributed by atoms with Crippen LogP contribution in [-0.4, -0.2) is 54.9 Å². The van der Waals surface area contributed by atoms with Crippen LogP contribution < -0.4 is 4.74 Å². The number of likely N-dealkylation sites (tertiary alicyclic amines) is 1. The molecule has 0 aromatic heterocycles. The molecular formula is C26H32N2O3. The number of rotatable bonds is 7. The number of hydrogen-bond donors (Lipinski definition) is 0.